The third-order valence-corrected chi connectivity index (χ3v) is 2.98. The van der Waals surface area contributed by atoms with Crippen LogP contribution in [0.5, 0.6) is 5.75 Å². The molecule has 0 radical (unpaired) electrons. The number of alkyl halides is 3. The Morgan fingerprint density at radius 1 is 0.810 bits per heavy atom. The van der Waals surface area contributed by atoms with Crippen LogP contribution in [0.2, 0.25) is 0 Å². The number of pyridine rings is 1. The number of halogens is 3. The van der Waals surface area contributed by atoms with Crippen LogP contribution in [0.1, 0.15) is 0 Å². The highest BCUT2D eigenvalue weighted by Crippen LogP contribution is 2.31. The molecule has 2 nitrogen and oxygen atoms in total. The van der Waals surface area contributed by atoms with Gasteiger partial charge in [0.25, 0.3) is 0 Å². The lowest BCUT2D eigenvalue weighted by molar-refractivity contribution is -0.274. The normalized spacial score (nSPS) is 11.6. The third-order valence-electron chi connectivity index (χ3n) is 2.98. The van der Waals surface area contributed by atoms with Crippen molar-refractivity contribution in [1.82, 2.24) is 4.98 Å². The molecule has 106 valence electrons. The van der Waals surface area contributed by atoms with Crippen molar-refractivity contribution in [2.45, 2.75) is 6.36 Å². The highest BCUT2D eigenvalue weighted by molar-refractivity contribution is 5.86. The molecule has 0 spiro atoms. The van der Waals surface area contributed by atoms with Gasteiger partial charge in [0.2, 0.25) is 0 Å². The molecular formula is C16H10F3NO. The largest absolute Gasteiger partial charge is 0.573 e. The molecule has 21 heavy (non-hydrogen) atoms. The second-order valence-corrected chi connectivity index (χ2v) is 4.44. The van der Waals surface area contributed by atoms with E-state index in [1.54, 1.807) is 18.2 Å². The first kappa shape index (κ1) is 13.4. The van der Waals surface area contributed by atoms with Gasteiger partial charge in [-0.1, -0.05) is 48.5 Å². The molecule has 0 aliphatic rings. The van der Waals surface area contributed by atoms with Crippen molar-refractivity contribution < 1.29 is 17.9 Å². The number of fused-ring (bicyclic) bond motifs is 1. The number of para-hydroxylation sites is 1. The van der Waals surface area contributed by atoms with Gasteiger partial charge < -0.3 is 4.74 Å². The minimum Gasteiger partial charge on any atom is -0.403 e. The van der Waals surface area contributed by atoms with Gasteiger partial charge in [-0.05, 0) is 12.1 Å². The highest BCUT2D eigenvalue weighted by Gasteiger charge is 2.32. The van der Waals surface area contributed by atoms with Gasteiger partial charge in [-0.3, -0.25) is 0 Å². The van der Waals surface area contributed by atoms with Gasteiger partial charge in [0.1, 0.15) is 5.52 Å². The third kappa shape index (κ3) is 2.97. The number of nitrogens with zero attached hydrogens (tertiary/aromatic N) is 1. The van der Waals surface area contributed by atoms with E-state index < -0.39 is 6.36 Å². The Kier molecular flexibility index (Phi) is 3.25. The maximum atomic E-state index is 12.4. The molecule has 2 aromatic carbocycles. The number of rotatable bonds is 2. The molecule has 0 aliphatic carbocycles. The Hall–Kier alpha value is -2.56. The number of ether oxygens (including phenoxy) is 1. The van der Waals surface area contributed by atoms with Crippen LogP contribution in [0.25, 0.3) is 22.2 Å². The molecule has 0 N–H and O–H groups in total. The smallest absolute Gasteiger partial charge is 0.403 e. The Bertz CT molecular complexity index is 769. The van der Waals surface area contributed by atoms with Gasteiger partial charge in [0.15, 0.2) is 5.75 Å². The summed E-state index contributed by atoms with van der Waals surface area (Å²) in [7, 11) is 0. The van der Waals surface area contributed by atoms with E-state index in [0.717, 1.165) is 5.56 Å². The topological polar surface area (TPSA) is 22.1 Å². The molecule has 3 rings (SSSR count). The Balaban J connectivity index is 2.13. The lowest BCUT2D eigenvalue weighted by Gasteiger charge is -2.11. The fourth-order valence-electron chi connectivity index (χ4n) is 2.10. The monoisotopic (exact) mass is 289 g/mol. The van der Waals surface area contributed by atoms with Crippen molar-refractivity contribution >= 4 is 10.9 Å². The molecular weight excluding hydrogens is 279 g/mol. The lowest BCUT2D eigenvalue weighted by Crippen LogP contribution is -2.17. The van der Waals surface area contributed by atoms with Gasteiger partial charge in [0, 0.05) is 10.9 Å². The van der Waals surface area contributed by atoms with Gasteiger partial charge >= 0.3 is 6.36 Å². The van der Waals surface area contributed by atoms with E-state index in [-0.39, 0.29) is 11.3 Å². The number of aromatic nitrogens is 1. The van der Waals surface area contributed by atoms with E-state index in [9.17, 15) is 13.2 Å². The van der Waals surface area contributed by atoms with Gasteiger partial charge in [-0.2, -0.15) is 0 Å². The van der Waals surface area contributed by atoms with E-state index in [0.29, 0.717) is 11.1 Å². The van der Waals surface area contributed by atoms with Crippen molar-refractivity contribution in [3.8, 4) is 17.0 Å². The molecule has 1 aromatic heterocycles. The number of hydrogen-bond donors (Lipinski definition) is 0. The van der Waals surface area contributed by atoms with E-state index in [1.807, 2.05) is 30.3 Å². The standard InChI is InChI=1S/C16H10F3NO/c17-16(18,19)21-14-8-4-7-12-9-10-13(20-15(12)14)11-5-2-1-3-6-11/h1-10H. The minimum absolute atomic E-state index is 0.191. The quantitative estimate of drug-likeness (QED) is 0.676. The SMILES string of the molecule is FC(F)(F)Oc1cccc2ccc(-c3ccccc3)nc12. The number of hydrogen-bond acceptors (Lipinski definition) is 2. The summed E-state index contributed by atoms with van der Waals surface area (Å²) >= 11 is 0. The summed E-state index contributed by atoms with van der Waals surface area (Å²) < 4.78 is 41.4. The van der Waals surface area contributed by atoms with Crippen LogP contribution in [0.3, 0.4) is 0 Å². The maximum absolute atomic E-state index is 12.4. The molecule has 0 aliphatic heterocycles. The lowest BCUT2D eigenvalue weighted by atomic mass is 10.1. The molecule has 0 saturated heterocycles. The first-order chi connectivity index (χ1) is 10.0. The summed E-state index contributed by atoms with van der Waals surface area (Å²) in [6, 6.07) is 17.2. The molecule has 1 heterocycles. The molecule has 0 atom stereocenters. The van der Waals surface area contributed by atoms with Crippen molar-refractivity contribution in [1.29, 1.82) is 0 Å². The molecule has 5 heteroatoms. The Morgan fingerprint density at radius 2 is 1.57 bits per heavy atom. The molecule has 0 saturated carbocycles. The minimum atomic E-state index is -4.74. The second kappa shape index (κ2) is 5.09. The van der Waals surface area contributed by atoms with Crippen molar-refractivity contribution in [3.05, 3.63) is 60.7 Å². The molecule has 0 fully saturated rings. The average molecular weight is 289 g/mol. The van der Waals surface area contributed by atoms with Crippen LogP contribution < -0.4 is 4.74 Å². The maximum Gasteiger partial charge on any atom is 0.573 e. The highest BCUT2D eigenvalue weighted by atomic mass is 19.4. The van der Waals surface area contributed by atoms with E-state index in [4.69, 9.17) is 0 Å². The van der Waals surface area contributed by atoms with Crippen LogP contribution in [-0.2, 0) is 0 Å². The van der Waals surface area contributed by atoms with Crippen LogP contribution in [0.15, 0.2) is 60.7 Å². The van der Waals surface area contributed by atoms with Gasteiger partial charge in [-0.15, -0.1) is 13.2 Å². The Morgan fingerprint density at radius 3 is 2.29 bits per heavy atom. The van der Waals surface area contributed by atoms with Crippen LogP contribution in [0, 0.1) is 0 Å². The van der Waals surface area contributed by atoms with Gasteiger partial charge in [-0.25, -0.2) is 4.98 Å². The first-order valence-electron chi connectivity index (χ1n) is 6.24. The van der Waals surface area contributed by atoms with Crippen molar-refractivity contribution in [2.75, 3.05) is 0 Å². The van der Waals surface area contributed by atoms with Gasteiger partial charge in [0.05, 0.1) is 5.69 Å². The molecule has 3 aromatic rings. The van der Waals surface area contributed by atoms with Crippen LogP contribution in [0.4, 0.5) is 13.2 Å². The van der Waals surface area contributed by atoms with Crippen molar-refractivity contribution in [2.24, 2.45) is 0 Å². The zero-order chi connectivity index (χ0) is 14.9. The zero-order valence-corrected chi connectivity index (χ0v) is 10.8. The fourth-order valence-corrected chi connectivity index (χ4v) is 2.10. The fraction of sp³-hybridized carbons (Fsp3) is 0.0625. The number of benzene rings is 2. The second-order valence-electron chi connectivity index (χ2n) is 4.44. The summed E-state index contributed by atoms with van der Waals surface area (Å²) in [6.07, 6.45) is -4.74. The summed E-state index contributed by atoms with van der Waals surface area (Å²) in [4.78, 5) is 4.30. The molecule has 0 amide bonds. The summed E-state index contributed by atoms with van der Waals surface area (Å²) in [5.41, 5.74) is 1.62. The summed E-state index contributed by atoms with van der Waals surface area (Å²) in [5, 5.41) is 0.594. The predicted molar refractivity (Wildman–Crippen MR) is 73.9 cm³/mol. The predicted octanol–water partition coefficient (Wildman–Crippen LogP) is 4.80. The average Bonchev–Trinajstić information content (AvgIpc) is 2.47. The summed E-state index contributed by atoms with van der Waals surface area (Å²) in [6.45, 7) is 0. The van der Waals surface area contributed by atoms with Crippen LogP contribution >= 0.6 is 0 Å². The summed E-state index contributed by atoms with van der Waals surface area (Å²) in [5.74, 6) is -0.294. The van der Waals surface area contributed by atoms with Crippen LogP contribution in [-0.4, -0.2) is 11.3 Å². The zero-order valence-electron chi connectivity index (χ0n) is 10.8. The molecule has 0 bridgehead atoms. The first-order valence-corrected chi connectivity index (χ1v) is 6.24. The Labute approximate surface area is 118 Å². The van der Waals surface area contributed by atoms with Crippen molar-refractivity contribution in [3.63, 3.8) is 0 Å². The van der Waals surface area contributed by atoms with E-state index >= 15 is 0 Å². The van der Waals surface area contributed by atoms with E-state index in [1.165, 1.54) is 12.1 Å². The molecule has 0 unspecified atom stereocenters. The van der Waals surface area contributed by atoms with E-state index in [2.05, 4.69) is 9.72 Å².